The number of piperazine rings is 1. The van der Waals surface area contributed by atoms with Gasteiger partial charge in [-0.05, 0) is 41.5 Å². The lowest BCUT2D eigenvalue weighted by atomic mass is 10.1. The zero-order valence-corrected chi connectivity index (χ0v) is 16.1. The van der Waals surface area contributed by atoms with E-state index < -0.39 is 5.82 Å². The van der Waals surface area contributed by atoms with Crippen molar-refractivity contribution in [2.24, 2.45) is 0 Å². The quantitative estimate of drug-likeness (QED) is 0.855. The first-order valence-corrected chi connectivity index (χ1v) is 9.72. The molecule has 2 aromatic rings. The number of amides is 1. The number of nitrogens with zero attached hydrogens (tertiary/aromatic N) is 2. The maximum atomic E-state index is 13.7. The molecular formula is C21H21ClFN3O2. The third-order valence-electron chi connectivity index (χ3n) is 5.33. The molecule has 0 atom stereocenters. The van der Waals surface area contributed by atoms with Crippen LogP contribution < -0.4 is 10.2 Å². The Kier molecular flexibility index (Phi) is 5.22. The van der Waals surface area contributed by atoms with Gasteiger partial charge in [0.15, 0.2) is 0 Å². The van der Waals surface area contributed by atoms with Crippen LogP contribution in [0.5, 0.6) is 0 Å². The fourth-order valence-electron chi connectivity index (χ4n) is 3.75. The number of hydrogen-bond donors (Lipinski definition) is 1. The second-order valence-electron chi connectivity index (χ2n) is 7.20. The van der Waals surface area contributed by atoms with Gasteiger partial charge in [0.2, 0.25) is 5.91 Å². The van der Waals surface area contributed by atoms with Crippen molar-refractivity contribution in [1.29, 1.82) is 0 Å². The average molecular weight is 402 g/mol. The molecule has 0 aromatic heterocycles. The van der Waals surface area contributed by atoms with Crippen molar-refractivity contribution >= 4 is 34.7 Å². The van der Waals surface area contributed by atoms with E-state index in [0.29, 0.717) is 39.0 Å². The summed E-state index contributed by atoms with van der Waals surface area (Å²) in [6.07, 6.45) is 0.988. The van der Waals surface area contributed by atoms with Gasteiger partial charge in [0.25, 0.3) is 0 Å². The monoisotopic (exact) mass is 401 g/mol. The molecule has 5 nitrogen and oxygen atoms in total. The number of halogens is 2. The summed E-state index contributed by atoms with van der Waals surface area (Å²) in [5.74, 6) is -0.168. The summed E-state index contributed by atoms with van der Waals surface area (Å²) in [6, 6.07) is 10.6. The van der Waals surface area contributed by atoms with Crippen molar-refractivity contribution in [3.05, 3.63) is 58.4 Å². The molecule has 7 heteroatoms. The fraction of sp³-hybridized carbons (Fsp3) is 0.333. The minimum Gasteiger partial charge on any atom is -0.376 e. The van der Waals surface area contributed by atoms with Gasteiger partial charge in [-0.15, -0.1) is 0 Å². The highest BCUT2D eigenvalue weighted by Crippen LogP contribution is 2.24. The van der Waals surface area contributed by atoms with Gasteiger partial charge in [-0.2, -0.15) is 0 Å². The standard InChI is InChI=1S/C21H21ClFN3O2/c22-19-4-3-17(12-20(19)23)25-5-7-26(8-6-25)21(28)13-24-16-2-1-14-10-18(27)11-15(14)9-16/h1-4,9,12,24H,5-8,10-11,13H2. The number of nitrogens with one attached hydrogen (secondary N) is 1. The third-order valence-corrected chi connectivity index (χ3v) is 5.63. The number of rotatable bonds is 4. The van der Waals surface area contributed by atoms with Crippen LogP contribution in [-0.2, 0) is 22.4 Å². The smallest absolute Gasteiger partial charge is 0.241 e. The third kappa shape index (κ3) is 3.97. The lowest BCUT2D eigenvalue weighted by Gasteiger charge is -2.36. The molecule has 146 valence electrons. The second kappa shape index (κ2) is 7.80. The fourth-order valence-corrected chi connectivity index (χ4v) is 3.86. The molecule has 28 heavy (non-hydrogen) atoms. The number of benzene rings is 2. The molecule has 0 bridgehead atoms. The molecule has 0 radical (unpaired) electrons. The van der Waals surface area contributed by atoms with Gasteiger partial charge in [0, 0.05) is 50.4 Å². The summed E-state index contributed by atoms with van der Waals surface area (Å²) in [5, 5.41) is 3.27. The summed E-state index contributed by atoms with van der Waals surface area (Å²) in [7, 11) is 0. The van der Waals surface area contributed by atoms with E-state index >= 15 is 0 Å². The maximum Gasteiger partial charge on any atom is 0.241 e. The van der Waals surface area contributed by atoms with Crippen molar-refractivity contribution in [2.45, 2.75) is 12.8 Å². The van der Waals surface area contributed by atoms with Crippen LogP contribution in [0.15, 0.2) is 36.4 Å². The predicted octanol–water partition coefficient (Wildman–Crippen LogP) is 2.91. The topological polar surface area (TPSA) is 52.7 Å². The van der Waals surface area contributed by atoms with E-state index in [2.05, 4.69) is 5.32 Å². The molecule has 2 aliphatic rings. The molecular weight excluding hydrogens is 381 g/mol. The Bertz CT molecular complexity index is 926. The van der Waals surface area contributed by atoms with E-state index in [0.717, 1.165) is 22.5 Å². The van der Waals surface area contributed by atoms with Crippen LogP contribution in [-0.4, -0.2) is 49.3 Å². The number of ketones is 1. The molecule has 1 saturated heterocycles. The van der Waals surface area contributed by atoms with Crippen molar-refractivity contribution < 1.29 is 14.0 Å². The van der Waals surface area contributed by atoms with Crippen LogP contribution in [0, 0.1) is 5.82 Å². The van der Waals surface area contributed by atoms with Crippen LogP contribution in [0.2, 0.25) is 5.02 Å². The molecule has 1 aliphatic heterocycles. The van der Waals surface area contributed by atoms with Crippen LogP contribution in [0.3, 0.4) is 0 Å². The second-order valence-corrected chi connectivity index (χ2v) is 7.60. The molecule has 0 saturated carbocycles. The van der Waals surface area contributed by atoms with Crippen LogP contribution in [0.1, 0.15) is 11.1 Å². The highest BCUT2D eigenvalue weighted by Gasteiger charge is 2.22. The average Bonchev–Trinajstić information content (AvgIpc) is 3.07. The van der Waals surface area contributed by atoms with Crippen LogP contribution >= 0.6 is 11.6 Å². The van der Waals surface area contributed by atoms with Gasteiger partial charge in [-0.3, -0.25) is 9.59 Å². The summed E-state index contributed by atoms with van der Waals surface area (Å²) in [5.41, 5.74) is 3.76. The van der Waals surface area contributed by atoms with Crippen molar-refractivity contribution in [3.8, 4) is 0 Å². The van der Waals surface area contributed by atoms with E-state index in [1.165, 1.54) is 6.07 Å². The van der Waals surface area contributed by atoms with Crippen molar-refractivity contribution in [2.75, 3.05) is 42.9 Å². The lowest BCUT2D eigenvalue weighted by Crippen LogP contribution is -2.50. The Balaban J connectivity index is 1.29. The maximum absolute atomic E-state index is 13.7. The number of carbonyl (C=O) groups is 2. The van der Waals surface area contributed by atoms with Crippen molar-refractivity contribution in [1.82, 2.24) is 4.90 Å². The molecule has 0 unspecified atom stereocenters. The van der Waals surface area contributed by atoms with E-state index in [-0.39, 0.29) is 23.3 Å². The Morgan fingerprint density at radius 1 is 1.04 bits per heavy atom. The van der Waals surface area contributed by atoms with E-state index in [9.17, 15) is 14.0 Å². The minimum atomic E-state index is -0.432. The van der Waals surface area contributed by atoms with Crippen molar-refractivity contribution in [3.63, 3.8) is 0 Å². The molecule has 4 rings (SSSR count). The molecule has 1 aliphatic carbocycles. The summed E-state index contributed by atoms with van der Waals surface area (Å²) in [4.78, 5) is 27.9. The molecule has 2 aromatic carbocycles. The van der Waals surface area contributed by atoms with Gasteiger partial charge >= 0.3 is 0 Å². The SMILES string of the molecule is O=C1Cc2ccc(NCC(=O)N3CCN(c4ccc(Cl)c(F)c4)CC3)cc2C1. The summed E-state index contributed by atoms with van der Waals surface area (Å²) < 4.78 is 13.7. The van der Waals surface area contributed by atoms with E-state index in [4.69, 9.17) is 11.6 Å². The number of Topliss-reactive ketones (excluding diaryl/α,β-unsaturated/α-hetero) is 1. The number of fused-ring (bicyclic) bond motifs is 1. The van der Waals surface area contributed by atoms with Gasteiger partial charge in [0.1, 0.15) is 11.6 Å². The first kappa shape index (κ1) is 18.7. The zero-order valence-electron chi connectivity index (χ0n) is 15.4. The summed E-state index contributed by atoms with van der Waals surface area (Å²) >= 11 is 5.74. The highest BCUT2D eigenvalue weighted by atomic mass is 35.5. The molecule has 1 amide bonds. The van der Waals surface area contributed by atoms with Crippen LogP contribution in [0.4, 0.5) is 15.8 Å². The Labute approximate surface area is 168 Å². The van der Waals surface area contributed by atoms with Gasteiger partial charge in [-0.25, -0.2) is 4.39 Å². The predicted molar refractivity (Wildman–Crippen MR) is 108 cm³/mol. The number of anilines is 2. The Morgan fingerprint density at radius 3 is 2.54 bits per heavy atom. The highest BCUT2D eigenvalue weighted by molar-refractivity contribution is 6.30. The normalized spacial score (nSPS) is 16.3. The Morgan fingerprint density at radius 2 is 1.79 bits per heavy atom. The first-order valence-electron chi connectivity index (χ1n) is 9.35. The Hall–Kier alpha value is -2.60. The van der Waals surface area contributed by atoms with E-state index in [1.807, 2.05) is 28.0 Å². The van der Waals surface area contributed by atoms with Gasteiger partial charge in [0.05, 0.1) is 11.6 Å². The zero-order chi connectivity index (χ0) is 19.7. The largest absolute Gasteiger partial charge is 0.376 e. The first-order chi connectivity index (χ1) is 13.5. The molecule has 1 fully saturated rings. The van der Waals surface area contributed by atoms with E-state index in [1.54, 1.807) is 12.1 Å². The number of carbonyl (C=O) groups excluding carboxylic acids is 2. The number of hydrogen-bond acceptors (Lipinski definition) is 4. The molecule has 1 N–H and O–H groups in total. The lowest BCUT2D eigenvalue weighted by molar-refractivity contribution is -0.129. The van der Waals surface area contributed by atoms with Crippen LogP contribution in [0.25, 0.3) is 0 Å². The van der Waals surface area contributed by atoms with Gasteiger partial charge < -0.3 is 15.1 Å². The minimum absolute atomic E-state index is 0.0264. The molecule has 1 heterocycles. The molecule has 0 spiro atoms. The van der Waals surface area contributed by atoms with Gasteiger partial charge in [-0.1, -0.05) is 17.7 Å². The summed E-state index contributed by atoms with van der Waals surface area (Å²) in [6.45, 7) is 2.68.